The summed E-state index contributed by atoms with van der Waals surface area (Å²) < 4.78 is 10.1. The molecule has 0 atom stereocenters. The third-order valence-corrected chi connectivity index (χ3v) is 2.97. The highest BCUT2D eigenvalue weighted by molar-refractivity contribution is 6.35. The van der Waals surface area contributed by atoms with E-state index in [1.165, 1.54) is 12.7 Å². The number of hydrogen-bond acceptors (Lipinski definition) is 4. The third kappa shape index (κ3) is 4.43. The van der Waals surface area contributed by atoms with Gasteiger partial charge in [0.05, 0.1) is 10.7 Å². The number of rotatable bonds is 6. The number of ether oxygens (including phenoxy) is 1. The number of oxazole rings is 1. The van der Waals surface area contributed by atoms with Gasteiger partial charge in [-0.3, -0.25) is 4.79 Å². The minimum atomic E-state index is -0.237. The Kier molecular flexibility index (Phi) is 5.26. The molecule has 5 nitrogen and oxygen atoms in total. The molecule has 0 saturated carbocycles. The number of aromatic nitrogens is 1. The molecule has 1 amide bonds. The van der Waals surface area contributed by atoms with Crippen LogP contribution in [0.15, 0.2) is 35.3 Å². The highest BCUT2D eigenvalue weighted by Gasteiger charge is 2.06. The second kappa shape index (κ2) is 7.17. The zero-order valence-corrected chi connectivity index (χ0v) is 11.9. The van der Waals surface area contributed by atoms with Gasteiger partial charge in [0.2, 0.25) is 0 Å². The molecular weight excluding hydrogens is 303 g/mol. The van der Waals surface area contributed by atoms with Gasteiger partial charge in [0.1, 0.15) is 12.0 Å². The predicted octanol–water partition coefficient (Wildman–Crippen LogP) is 2.72. The molecule has 0 unspecified atom stereocenters. The van der Waals surface area contributed by atoms with E-state index in [1.54, 1.807) is 18.2 Å². The standard InChI is InChI=1S/C13H12Cl2N2O3/c14-9-1-2-12(11(15)5-9)20-7-13(18)16-4-3-10-6-19-8-17-10/h1-2,5-6,8H,3-4,7H2,(H,16,18). The van der Waals surface area contributed by atoms with Crippen LogP contribution < -0.4 is 10.1 Å². The van der Waals surface area contributed by atoms with Crippen LogP contribution in [0.25, 0.3) is 0 Å². The van der Waals surface area contributed by atoms with Gasteiger partial charge in [-0.1, -0.05) is 23.2 Å². The molecular formula is C13H12Cl2N2O3. The van der Waals surface area contributed by atoms with E-state index in [0.29, 0.717) is 28.8 Å². The fourth-order valence-electron chi connectivity index (χ4n) is 1.48. The predicted molar refractivity (Wildman–Crippen MR) is 75.2 cm³/mol. The van der Waals surface area contributed by atoms with E-state index in [9.17, 15) is 4.79 Å². The molecule has 0 radical (unpaired) electrons. The van der Waals surface area contributed by atoms with Crippen LogP contribution in [0.2, 0.25) is 10.0 Å². The first-order valence-electron chi connectivity index (χ1n) is 5.87. The van der Waals surface area contributed by atoms with Crippen molar-refractivity contribution in [2.24, 2.45) is 0 Å². The Balaban J connectivity index is 1.72. The summed E-state index contributed by atoms with van der Waals surface area (Å²) >= 11 is 11.7. The summed E-state index contributed by atoms with van der Waals surface area (Å²) in [5, 5.41) is 3.59. The molecule has 1 aromatic carbocycles. The number of amides is 1. The zero-order chi connectivity index (χ0) is 14.4. The summed E-state index contributed by atoms with van der Waals surface area (Å²) in [5.41, 5.74) is 0.784. The number of nitrogens with zero attached hydrogens (tertiary/aromatic N) is 1. The smallest absolute Gasteiger partial charge is 0.257 e. The van der Waals surface area contributed by atoms with E-state index in [-0.39, 0.29) is 12.5 Å². The van der Waals surface area contributed by atoms with Crippen LogP contribution in [-0.4, -0.2) is 24.0 Å². The Morgan fingerprint density at radius 2 is 2.25 bits per heavy atom. The quantitative estimate of drug-likeness (QED) is 0.890. The first-order chi connectivity index (χ1) is 9.65. The largest absolute Gasteiger partial charge is 0.482 e. The lowest BCUT2D eigenvalue weighted by atomic mass is 10.3. The molecule has 1 aromatic heterocycles. The van der Waals surface area contributed by atoms with Gasteiger partial charge in [0.25, 0.3) is 5.91 Å². The number of carbonyl (C=O) groups excluding carboxylic acids is 1. The molecule has 2 rings (SSSR count). The van der Waals surface area contributed by atoms with E-state index >= 15 is 0 Å². The third-order valence-electron chi connectivity index (χ3n) is 2.44. The topological polar surface area (TPSA) is 64.4 Å². The average molecular weight is 315 g/mol. The van der Waals surface area contributed by atoms with Crippen LogP contribution >= 0.6 is 23.2 Å². The van der Waals surface area contributed by atoms with Crippen LogP contribution in [0.1, 0.15) is 5.69 Å². The second-order valence-corrected chi connectivity index (χ2v) is 4.79. The van der Waals surface area contributed by atoms with Crippen molar-refractivity contribution in [1.82, 2.24) is 10.3 Å². The van der Waals surface area contributed by atoms with Crippen LogP contribution in [0.3, 0.4) is 0 Å². The van der Waals surface area contributed by atoms with Crippen molar-refractivity contribution < 1.29 is 13.9 Å². The number of nitrogens with one attached hydrogen (secondary N) is 1. The fourth-order valence-corrected chi connectivity index (χ4v) is 1.94. The molecule has 1 heterocycles. The summed E-state index contributed by atoms with van der Waals surface area (Å²) in [7, 11) is 0. The SMILES string of the molecule is O=C(COc1ccc(Cl)cc1Cl)NCCc1cocn1. The van der Waals surface area contributed by atoms with Crippen molar-refractivity contribution in [3.63, 3.8) is 0 Å². The summed E-state index contributed by atoms with van der Waals surface area (Å²) in [6.45, 7) is 0.350. The maximum atomic E-state index is 11.6. The normalized spacial score (nSPS) is 10.3. The molecule has 106 valence electrons. The molecule has 0 fully saturated rings. The molecule has 0 aliphatic rings. The summed E-state index contributed by atoms with van der Waals surface area (Å²) in [5.74, 6) is 0.183. The number of halogens is 2. The lowest BCUT2D eigenvalue weighted by Crippen LogP contribution is -2.30. The Morgan fingerprint density at radius 3 is 2.95 bits per heavy atom. The first kappa shape index (κ1) is 14.7. The minimum absolute atomic E-state index is 0.111. The Hall–Kier alpha value is -1.72. The number of carbonyl (C=O) groups is 1. The Bertz CT molecular complexity index is 573. The van der Waals surface area contributed by atoms with Crippen molar-refractivity contribution in [3.05, 3.63) is 46.6 Å². The van der Waals surface area contributed by atoms with Crippen molar-refractivity contribution in [1.29, 1.82) is 0 Å². The molecule has 0 bridgehead atoms. The Labute approximate surface area is 125 Å². The molecule has 0 saturated heterocycles. The molecule has 0 aliphatic carbocycles. The average Bonchev–Trinajstić information content (AvgIpc) is 2.91. The summed E-state index contributed by atoms with van der Waals surface area (Å²) in [4.78, 5) is 15.5. The minimum Gasteiger partial charge on any atom is -0.482 e. The van der Waals surface area contributed by atoms with Gasteiger partial charge in [0, 0.05) is 18.0 Å². The fraction of sp³-hybridized carbons (Fsp3) is 0.231. The van der Waals surface area contributed by atoms with Crippen molar-refractivity contribution >= 4 is 29.1 Å². The van der Waals surface area contributed by atoms with E-state index in [1.807, 2.05) is 0 Å². The van der Waals surface area contributed by atoms with Crippen LogP contribution in [0.5, 0.6) is 5.75 Å². The molecule has 1 N–H and O–H groups in total. The molecule has 7 heteroatoms. The summed E-state index contributed by atoms with van der Waals surface area (Å²) in [6, 6.07) is 4.82. The van der Waals surface area contributed by atoms with E-state index in [2.05, 4.69) is 10.3 Å². The van der Waals surface area contributed by atoms with Crippen LogP contribution in [0.4, 0.5) is 0 Å². The number of benzene rings is 1. The molecule has 0 aliphatic heterocycles. The van der Waals surface area contributed by atoms with Crippen molar-refractivity contribution in [2.75, 3.05) is 13.2 Å². The van der Waals surface area contributed by atoms with Gasteiger partial charge >= 0.3 is 0 Å². The Morgan fingerprint density at radius 1 is 1.40 bits per heavy atom. The monoisotopic (exact) mass is 314 g/mol. The molecule has 0 spiro atoms. The van der Waals surface area contributed by atoms with Crippen LogP contribution in [0, 0.1) is 0 Å². The second-order valence-electron chi connectivity index (χ2n) is 3.94. The lowest BCUT2D eigenvalue weighted by molar-refractivity contribution is -0.123. The summed E-state index contributed by atoms with van der Waals surface area (Å²) in [6.07, 6.45) is 3.49. The van der Waals surface area contributed by atoms with E-state index < -0.39 is 0 Å². The maximum absolute atomic E-state index is 11.6. The van der Waals surface area contributed by atoms with E-state index in [0.717, 1.165) is 5.69 Å². The van der Waals surface area contributed by atoms with Gasteiger partial charge < -0.3 is 14.5 Å². The van der Waals surface area contributed by atoms with Gasteiger partial charge in [-0.25, -0.2) is 4.98 Å². The van der Waals surface area contributed by atoms with Crippen LogP contribution in [-0.2, 0) is 11.2 Å². The van der Waals surface area contributed by atoms with Crippen molar-refractivity contribution in [2.45, 2.75) is 6.42 Å². The first-order valence-corrected chi connectivity index (χ1v) is 6.62. The van der Waals surface area contributed by atoms with Gasteiger partial charge in [0.15, 0.2) is 13.0 Å². The lowest BCUT2D eigenvalue weighted by Gasteiger charge is -2.08. The number of hydrogen-bond donors (Lipinski definition) is 1. The van der Waals surface area contributed by atoms with E-state index in [4.69, 9.17) is 32.4 Å². The maximum Gasteiger partial charge on any atom is 0.257 e. The van der Waals surface area contributed by atoms with Gasteiger partial charge in [-0.05, 0) is 18.2 Å². The highest BCUT2D eigenvalue weighted by atomic mass is 35.5. The molecule has 20 heavy (non-hydrogen) atoms. The molecule has 2 aromatic rings. The van der Waals surface area contributed by atoms with Gasteiger partial charge in [-0.15, -0.1) is 0 Å². The van der Waals surface area contributed by atoms with Crippen molar-refractivity contribution in [3.8, 4) is 5.75 Å². The van der Waals surface area contributed by atoms with Gasteiger partial charge in [-0.2, -0.15) is 0 Å². The zero-order valence-electron chi connectivity index (χ0n) is 10.4. The highest BCUT2D eigenvalue weighted by Crippen LogP contribution is 2.27.